The van der Waals surface area contributed by atoms with Crippen molar-refractivity contribution in [2.45, 2.75) is 25.7 Å². The van der Waals surface area contributed by atoms with E-state index in [2.05, 4.69) is 37.8 Å². The van der Waals surface area contributed by atoms with Crippen molar-refractivity contribution in [3.63, 3.8) is 0 Å². The smallest absolute Gasteiger partial charge is 0.243 e. The molecule has 134 valence electrons. The first-order valence-corrected chi connectivity index (χ1v) is 10.2. The van der Waals surface area contributed by atoms with Crippen LogP contribution in [-0.4, -0.2) is 38.9 Å². The van der Waals surface area contributed by atoms with Crippen LogP contribution in [0.3, 0.4) is 0 Å². The molecule has 0 aliphatic carbocycles. The van der Waals surface area contributed by atoms with Gasteiger partial charge in [0.1, 0.15) is 0 Å². The summed E-state index contributed by atoms with van der Waals surface area (Å²) in [5.74, 6) is 0. The molecular formula is C19H23ClN2O2S. The number of hydrogen-bond donors (Lipinski definition) is 0. The molecule has 0 saturated carbocycles. The molecule has 6 heteroatoms. The highest BCUT2D eigenvalue weighted by atomic mass is 35.5. The number of rotatable bonds is 3. The van der Waals surface area contributed by atoms with E-state index in [4.69, 9.17) is 11.6 Å². The number of benzene rings is 2. The largest absolute Gasteiger partial charge is 0.368 e. The first-order chi connectivity index (χ1) is 11.8. The molecule has 25 heavy (non-hydrogen) atoms. The number of hydrogen-bond acceptors (Lipinski definition) is 3. The summed E-state index contributed by atoms with van der Waals surface area (Å²) in [6.07, 6.45) is 0. The number of halogens is 1. The molecule has 0 radical (unpaired) electrons. The van der Waals surface area contributed by atoms with Crippen LogP contribution in [0.4, 0.5) is 5.69 Å². The molecular weight excluding hydrogens is 356 g/mol. The van der Waals surface area contributed by atoms with Crippen LogP contribution in [0.25, 0.3) is 0 Å². The van der Waals surface area contributed by atoms with Crippen molar-refractivity contribution in [1.82, 2.24) is 4.31 Å². The van der Waals surface area contributed by atoms with Gasteiger partial charge in [-0.1, -0.05) is 29.3 Å². The lowest BCUT2D eigenvalue weighted by molar-refractivity contribution is 0.384. The van der Waals surface area contributed by atoms with Gasteiger partial charge in [0, 0.05) is 36.9 Å². The Kier molecular flexibility index (Phi) is 5.09. The highest BCUT2D eigenvalue weighted by Gasteiger charge is 2.29. The quantitative estimate of drug-likeness (QED) is 0.816. The van der Waals surface area contributed by atoms with Crippen LogP contribution >= 0.6 is 11.6 Å². The highest BCUT2D eigenvalue weighted by Crippen LogP contribution is 2.28. The van der Waals surface area contributed by atoms with Crippen LogP contribution < -0.4 is 4.90 Å². The van der Waals surface area contributed by atoms with E-state index in [1.807, 2.05) is 0 Å². The number of piperazine rings is 1. The Morgan fingerprint density at radius 1 is 0.880 bits per heavy atom. The maximum Gasteiger partial charge on any atom is 0.243 e. The molecule has 0 atom stereocenters. The van der Waals surface area contributed by atoms with Crippen LogP contribution in [0.1, 0.15) is 16.7 Å². The van der Waals surface area contributed by atoms with Crippen molar-refractivity contribution in [2.75, 3.05) is 31.1 Å². The summed E-state index contributed by atoms with van der Waals surface area (Å²) >= 11 is 5.86. The van der Waals surface area contributed by atoms with Gasteiger partial charge in [0.05, 0.1) is 4.90 Å². The third-order valence-electron chi connectivity index (χ3n) is 4.64. The molecule has 1 aliphatic rings. The summed E-state index contributed by atoms with van der Waals surface area (Å²) in [5, 5.41) is 0.536. The molecule has 0 spiro atoms. The van der Waals surface area contributed by atoms with Gasteiger partial charge in [-0.25, -0.2) is 8.42 Å². The van der Waals surface area contributed by atoms with Gasteiger partial charge >= 0.3 is 0 Å². The van der Waals surface area contributed by atoms with E-state index in [0.717, 1.165) is 0 Å². The van der Waals surface area contributed by atoms with Crippen LogP contribution in [0, 0.1) is 20.8 Å². The van der Waals surface area contributed by atoms with Crippen LogP contribution in [0.2, 0.25) is 5.02 Å². The molecule has 1 heterocycles. The molecule has 0 N–H and O–H groups in total. The molecule has 0 unspecified atom stereocenters. The molecule has 1 fully saturated rings. The average Bonchev–Trinajstić information content (AvgIpc) is 2.55. The lowest BCUT2D eigenvalue weighted by Gasteiger charge is -2.37. The predicted molar refractivity (Wildman–Crippen MR) is 103 cm³/mol. The number of anilines is 1. The van der Waals surface area contributed by atoms with Gasteiger partial charge in [-0.3, -0.25) is 0 Å². The van der Waals surface area contributed by atoms with Crippen LogP contribution in [-0.2, 0) is 10.0 Å². The molecule has 1 aliphatic heterocycles. The van der Waals surface area contributed by atoms with Gasteiger partial charge in [-0.2, -0.15) is 4.31 Å². The van der Waals surface area contributed by atoms with Crippen molar-refractivity contribution >= 4 is 27.3 Å². The second kappa shape index (κ2) is 6.98. The zero-order chi connectivity index (χ0) is 18.2. The Labute approximate surface area is 155 Å². The maximum absolute atomic E-state index is 12.8. The van der Waals surface area contributed by atoms with Crippen molar-refractivity contribution in [3.05, 3.63) is 58.1 Å². The topological polar surface area (TPSA) is 40.6 Å². The highest BCUT2D eigenvalue weighted by molar-refractivity contribution is 7.89. The monoisotopic (exact) mass is 378 g/mol. The molecule has 0 aromatic heterocycles. The molecule has 0 bridgehead atoms. The Bertz CT molecular complexity index is 848. The summed E-state index contributed by atoms with van der Waals surface area (Å²) < 4.78 is 27.1. The standard InChI is InChI=1S/C19H23ClN2O2S/c1-14-12-15(2)19(16(3)13-14)21-8-10-22(11-9-21)25(23,24)18-6-4-17(20)5-7-18/h4-7,12-13H,8-11H2,1-3H3. The SMILES string of the molecule is Cc1cc(C)c(N2CCN(S(=O)(=O)c3ccc(Cl)cc3)CC2)c(C)c1. The van der Waals surface area contributed by atoms with Crippen LogP contribution in [0.15, 0.2) is 41.3 Å². The summed E-state index contributed by atoms with van der Waals surface area (Å²) in [5.41, 5.74) is 4.97. The third kappa shape index (κ3) is 3.68. The minimum atomic E-state index is -3.46. The summed E-state index contributed by atoms with van der Waals surface area (Å²) in [4.78, 5) is 2.59. The Morgan fingerprint density at radius 3 is 1.92 bits per heavy atom. The van der Waals surface area contributed by atoms with E-state index in [9.17, 15) is 8.42 Å². The summed E-state index contributed by atoms with van der Waals surface area (Å²) in [6.45, 7) is 8.68. The first kappa shape index (κ1) is 18.2. The van der Waals surface area contributed by atoms with E-state index in [1.165, 1.54) is 22.4 Å². The number of aryl methyl sites for hydroxylation is 3. The number of nitrogens with zero attached hydrogens (tertiary/aromatic N) is 2. The second-order valence-corrected chi connectivity index (χ2v) is 8.97. The molecule has 2 aromatic rings. The maximum atomic E-state index is 12.8. The van der Waals surface area contributed by atoms with Crippen molar-refractivity contribution in [3.8, 4) is 0 Å². The predicted octanol–water partition coefficient (Wildman–Crippen LogP) is 3.78. The molecule has 3 rings (SSSR count). The van der Waals surface area contributed by atoms with Crippen molar-refractivity contribution in [2.24, 2.45) is 0 Å². The minimum absolute atomic E-state index is 0.299. The van der Waals surface area contributed by atoms with E-state index in [0.29, 0.717) is 36.1 Å². The normalized spacial score (nSPS) is 16.2. The fourth-order valence-corrected chi connectivity index (χ4v) is 5.13. The second-order valence-electron chi connectivity index (χ2n) is 6.59. The third-order valence-corrected chi connectivity index (χ3v) is 6.81. The Balaban J connectivity index is 1.77. The minimum Gasteiger partial charge on any atom is -0.368 e. The van der Waals surface area contributed by atoms with Gasteiger partial charge < -0.3 is 4.90 Å². The first-order valence-electron chi connectivity index (χ1n) is 8.37. The Morgan fingerprint density at radius 2 is 1.40 bits per heavy atom. The van der Waals surface area contributed by atoms with E-state index in [1.54, 1.807) is 28.6 Å². The zero-order valence-corrected chi connectivity index (χ0v) is 16.4. The lowest BCUT2D eigenvalue weighted by atomic mass is 10.0. The Hall–Kier alpha value is -1.56. The van der Waals surface area contributed by atoms with E-state index >= 15 is 0 Å². The molecule has 4 nitrogen and oxygen atoms in total. The molecule has 0 amide bonds. The molecule has 2 aromatic carbocycles. The zero-order valence-electron chi connectivity index (χ0n) is 14.8. The fraction of sp³-hybridized carbons (Fsp3) is 0.368. The molecule has 1 saturated heterocycles. The van der Waals surface area contributed by atoms with Gasteiger partial charge in [-0.15, -0.1) is 0 Å². The summed E-state index contributed by atoms with van der Waals surface area (Å²) in [7, 11) is -3.46. The lowest BCUT2D eigenvalue weighted by Crippen LogP contribution is -2.49. The van der Waals surface area contributed by atoms with Gasteiger partial charge in [0.25, 0.3) is 0 Å². The van der Waals surface area contributed by atoms with Crippen molar-refractivity contribution < 1.29 is 8.42 Å². The fourth-order valence-electron chi connectivity index (χ4n) is 3.58. The summed E-state index contributed by atoms with van der Waals surface area (Å²) in [6, 6.07) is 10.7. The van der Waals surface area contributed by atoms with Gasteiger partial charge in [-0.05, 0) is 56.2 Å². The van der Waals surface area contributed by atoms with E-state index < -0.39 is 10.0 Å². The van der Waals surface area contributed by atoms with Crippen LogP contribution in [0.5, 0.6) is 0 Å². The van der Waals surface area contributed by atoms with E-state index in [-0.39, 0.29) is 0 Å². The van der Waals surface area contributed by atoms with Gasteiger partial charge in [0.15, 0.2) is 0 Å². The average molecular weight is 379 g/mol. The van der Waals surface area contributed by atoms with Crippen molar-refractivity contribution in [1.29, 1.82) is 0 Å². The van der Waals surface area contributed by atoms with Gasteiger partial charge in [0.2, 0.25) is 10.0 Å². The number of sulfonamides is 1.